The Morgan fingerprint density at radius 3 is 2.57 bits per heavy atom. The van der Waals surface area contributed by atoms with Crippen LogP contribution in [0.4, 0.5) is 5.69 Å². The van der Waals surface area contributed by atoms with E-state index in [0.29, 0.717) is 30.8 Å². The standard InChI is InChI=1S/C20H33N3O4S/c1-27-19-11-5-4-10-18(19)23(28(2,25)26)17-8-12-20(24)21-13-9-16-22-14-6-3-7-15-22/h4-5,10-11H,3,6-9,12-17H2,1-2H3,(H,21,24). The summed E-state index contributed by atoms with van der Waals surface area (Å²) in [7, 11) is -1.96. The molecule has 1 saturated heterocycles. The SMILES string of the molecule is COc1ccccc1N(CCCC(=O)NCCCN1CCCCC1)S(C)(=O)=O. The molecule has 0 aliphatic carbocycles. The molecule has 8 heteroatoms. The number of nitrogens with one attached hydrogen (secondary N) is 1. The summed E-state index contributed by atoms with van der Waals surface area (Å²) >= 11 is 0. The molecule has 1 amide bonds. The van der Waals surface area contributed by atoms with Crippen molar-refractivity contribution in [2.45, 2.75) is 38.5 Å². The molecule has 7 nitrogen and oxygen atoms in total. The number of ether oxygens (including phenoxy) is 1. The van der Waals surface area contributed by atoms with E-state index in [2.05, 4.69) is 10.2 Å². The molecule has 1 aromatic carbocycles. The van der Waals surface area contributed by atoms with Crippen LogP contribution < -0.4 is 14.4 Å². The van der Waals surface area contributed by atoms with Crippen LogP contribution in [-0.2, 0) is 14.8 Å². The summed E-state index contributed by atoms with van der Waals surface area (Å²) in [6.07, 6.45) is 6.73. The third kappa shape index (κ3) is 7.31. The number of hydrogen-bond donors (Lipinski definition) is 1. The molecule has 1 aliphatic rings. The van der Waals surface area contributed by atoms with Crippen molar-refractivity contribution in [3.05, 3.63) is 24.3 Å². The molecule has 0 bridgehead atoms. The molecular weight excluding hydrogens is 378 g/mol. The first kappa shape index (κ1) is 22.5. The Morgan fingerprint density at radius 2 is 1.89 bits per heavy atom. The molecule has 158 valence electrons. The van der Waals surface area contributed by atoms with Gasteiger partial charge in [0.05, 0.1) is 19.1 Å². The highest BCUT2D eigenvalue weighted by atomic mass is 32.2. The number of nitrogens with zero attached hydrogens (tertiary/aromatic N) is 2. The van der Waals surface area contributed by atoms with Gasteiger partial charge in [-0.15, -0.1) is 0 Å². The summed E-state index contributed by atoms with van der Waals surface area (Å²) in [4.78, 5) is 14.5. The zero-order valence-electron chi connectivity index (χ0n) is 17.0. The van der Waals surface area contributed by atoms with Crippen LogP contribution in [0, 0.1) is 0 Å². The number of piperidine rings is 1. The number of likely N-dealkylation sites (tertiary alicyclic amines) is 1. The maximum absolute atomic E-state index is 12.2. The van der Waals surface area contributed by atoms with Crippen molar-refractivity contribution in [3.8, 4) is 5.75 Å². The first-order valence-corrected chi connectivity index (χ1v) is 11.9. The Morgan fingerprint density at radius 1 is 1.18 bits per heavy atom. The van der Waals surface area contributed by atoms with Gasteiger partial charge in [-0.2, -0.15) is 0 Å². The first-order chi connectivity index (χ1) is 13.4. The summed E-state index contributed by atoms with van der Waals surface area (Å²) in [6, 6.07) is 6.99. The number of hydrogen-bond acceptors (Lipinski definition) is 5. The maximum Gasteiger partial charge on any atom is 0.232 e. The molecule has 0 radical (unpaired) electrons. The normalized spacial score (nSPS) is 15.2. The lowest BCUT2D eigenvalue weighted by Gasteiger charge is -2.26. The molecule has 0 aromatic heterocycles. The van der Waals surface area contributed by atoms with Crippen LogP contribution in [0.2, 0.25) is 0 Å². The Hall–Kier alpha value is -1.80. The monoisotopic (exact) mass is 411 g/mol. The summed E-state index contributed by atoms with van der Waals surface area (Å²) in [6.45, 7) is 4.25. The van der Waals surface area contributed by atoms with Crippen LogP contribution in [-0.4, -0.2) is 65.3 Å². The van der Waals surface area contributed by atoms with Gasteiger partial charge in [0, 0.05) is 19.5 Å². The highest BCUT2D eigenvalue weighted by Crippen LogP contribution is 2.29. The van der Waals surface area contributed by atoms with Crippen molar-refractivity contribution in [2.24, 2.45) is 0 Å². The van der Waals surface area contributed by atoms with Gasteiger partial charge in [-0.05, 0) is 57.5 Å². The molecule has 0 unspecified atom stereocenters. The van der Waals surface area contributed by atoms with Crippen molar-refractivity contribution in [1.82, 2.24) is 10.2 Å². The average molecular weight is 412 g/mol. The Labute approximate surface area is 169 Å². The van der Waals surface area contributed by atoms with E-state index in [0.717, 1.165) is 26.1 Å². The number of carbonyl (C=O) groups is 1. The average Bonchev–Trinajstić information content (AvgIpc) is 2.68. The van der Waals surface area contributed by atoms with Gasteiger partial charge in [-0.1, -0.05) is 18.6 Å². The fourth-order valence-electron chi connectivity index (χ4n) is 3.49. The molecule has 1 heterocycles. The zero-order valence-corrected chi connectivity index (χ0v) is 17.8. The van der Waals surface area contributed by atoms with E-state index >= 15 is 0 Å². The van der Waals surface area contributed by atoms with Gasteiger partial charge >= 0.3 is 0 Å². The second kappa shape index (κ2) is 11.3. The Bertz CT molecular complexity index is 718. The number of carbonyl (C=O) groups excluding carboxylic acids is 1. The second-order valence-corrected chi connectivity index (χ2v) is 9.12. The molecule has 1 aliphatic heterocycles. The molecule has 2 rings (SSSR count). The highest BCUT2D eigenvalue weighted by molar-refractivity contribution is 7.92. The van der Waals surface area contributed by atoms with Crippen LogP contribution in [0.1, 0.15) is 38.5 Å². The largest absolute Gasteiger partial charge is 0.495 e. The Balaban J connectivity index is 1.75. The molecule has 1 N–H and O–H groups in total. The molecule has 0 spiro atoms. The number of methoxy groups -OCH3 is 1. The highest BCUT2D eigenvalue weighted by Gasteiger charge is 2.20. The number of para-hydroxylation sites is 2. The minimum atomic E-state index is -3.47. The van der Waals surface area contributed by atoms with Gasteiger partial charge in [0.2, 0.25) is 15.9 Å². The lowest BCUT2D eigenvalue weighted by atomic mass is 10.1. The van der Waals surface area contributed by atoms with Crippen LogP contribution in [0.5, 0.6) is 5.75 Å². The van der Waals surface area contributed by atoms with E-state index in [1.54, 1.807) is 24.3 Å². The van der Waals surface area contributed by atoms with Crippen molar-refractivity contribution in [2.75, 3.05) is 50.4 Å². The van der Waals surface area contributed by atoms with Crippen molar-refractivity contribution in [1.29, 1.82) is 0 Å². The number of sulfonamides is 1. The molecular formula is C20H33N3O4S. The lowest BCUT2D eigenvalue weighted by Crippen LogP contribution is -2.34. The smallest absolute Gasteiger partial charge is 0.232 e. The van der Waals surface area contributed by atoms with Gasteiger partial charge in [0.15, 0.2) is 0 Å². The van der Waals surface area contributed by atoms with Crippen molar-refractivity contribution < 1.29 is 17.9 Å². The van der Waals surface area contributed by atoms with Gasteiger partial charge in [-0.3, -0.25) is 9.10 Å². The summed E-state index contributed by atoms with van der Waals surface area (Å²) in [5.74, 6) is 0.460. The third-order valence-corrected chi connectivity index (χ3v) is 6.12. The van der Waals surface area contributed by atoms with Crippen molar-refractivity contribution in [3.63, 3.8) is 0 Å². The lowest BCUT2D eigenvalue weighted by molar-refractivity contribution is -0.121. The zero-order chi connectivity index (χ0) is 20.4. The second-order valence-electron chi connectivity index (χ2n) is 7.22. The number of benzene rings is 1. The van der Waals surface area contributed by atoms with Crippen LogP contribution in [0.25, 0.3) is 0 Å². The molecule has 28 heavy (non-hydrogen) atoms. The van der Waals surface area contributed by atoms with E-state index in [1.807, 2.05) is 0 Å². The number of anilines is 1. The van der Waals surface area contributed by atoms with E-state index in [9.17, 15) is 13.2 Å². The van der Waals surface area contributed by atoms with Gasteiger partial charge < -0.3 is 15.0 Å². The molecule has 0 saturated carbocycles. The summed E-state index contributed by atoms with van der Waals surface area (Å²) in [5, 5.41) is 2.94. The van der Waals surface area contributed by atoms with E-state index in [-0.39, 0.29) is 12.5 Å². The van der Waals surface area contributed by atoms with Gasteiger partial charge in [0.1, 0.15) is 5.75 Å². The summed E-state index contributed by atoms with van der Waals surface area (Å²) < 4.78 is 31.0. The topological polar surface area (TPSA) is 79.0 Å². The Kier molecular flexibility index (Phi) is 9.05. The minimum Gasteiger partial charge on any atom is -0.495 e. The van der Waals surface area contributed by atoms with Gasteiger partial charge in [0.25, 0.3) is 0 Å². The quantitative estimate of drug-likeness (QED) is 0.565. The fourth-order valence-corrected chi connectivity index (χ4v) is 4.45. The van der Waals surface area contributed by atoms with Crippen molar-refractivity contribution >= 4 is 21.6 Å². The van der Waals surface area contributed by atoms with Crippen LogP contribution >= 0.6 is 0 Å². The predicted molar refractivity (Wildman–Crippen MR) is 112 cm³/mol. The van der Waals surface area contributed by atoms with Crippen LogP contribution in [0.15, 0.2) is 24.3 Å². The van der Waals surface area contributed by atoms with E-state index in [4.69, 9.17) is 4.74 Å². The maximum atomic E-state index is 12.2. The molecule has 1 aromatic rings. The first-order valence-electron chi connectivity index (χ1n) is 10.0. The van der Waals surface area contributed by atoms with E-state index < -0.39 is 10.0 Å². The van der Waals surface area contributed by atoms with Gasteiger partial charge in [-0.25, -0.2) is 8.42 Å². The number of rotatable bonds is 11. The predicted octanol–water partition coefficient (Wildman–Crippen LogP) is 2.23. The fraction of sp³-hybridized carbons (Fsp3) is 0.650. The van der Waals surface area contributed by atoms with E-state index in [1.165, 1.54) is 36.9 Å². The number of amides is 1. The minimum absolute atomic E-state index is 0.0351. The third-order valence-electron chi connectivity index (χ3n) is 4.94. The molecule has 0 atom stereocenters. The summed E-state index contributed by atoms with van der Waals surface area (Å²) in [5.41, 5.74) is 0.495. The van der Waals surface area contributed by atoms with Crippen LogP contribution in [0.3, 0.4) is 0 Å². The molecule has 1 fully saturated rings.